The van der Waals surface area contributed by atoms with Crippen LogP contribution in [0.15, 0.2) is 60.0 Å². The van der Waals surface area contributed by atoms with Gasteiger partial charge < -0.3 is 10.1 Å². The number of carbonyl (C=O) groups is 1. The molecular weight excluding hydrogens is 395 g/mol. The van der Waals surface area contributed by atoms with E-state index in [-0.39, 0.29) is 25.3 Å². The van der Waals surface area contributed by atoms with E-state index in [1.165, 1.54) is 12.1 Å². The first-order valence-electron chi connectivity index (χ1n) is 7.90. The van der Waals surface area contributed by atoms with Gasteiger partial charge in [0.1, 0.15) is 23.1 Å². The zero-order valence-corrected chi connectivity index (χ0v) is 15.8. The number of amides is 1. The summed E-state index contributed by atoms with van der Waals surface area (Å²) >= 11 is 5.77. The van der Waals surface area contributed by atoms with Crippen LogP contribution >= 0.6 is 11.6 Å². The van der Waals surface area contributed by atoms with Gasteiger partial charge in [-0.2, -0.15) is 0 Å². The van der Waals surface area contributed by atoms with Crippen LogP contribution in [0.2, 0.25) is 5.02 Å². The van der Waals surface area contributed by atoms with Gasteiger partial charge >= 0.3 is 0 Å². The number of hydrogen-bond acceptors (Lipinski definition) is 4. The Balaban J connectivity index is 1.97. The standard InChI is InChI=1S/C18H18ClFN2O4S/c1-2-9-22-27(24,25)17-12-13(3-8-16(17)20)18(23)21-10-11-26-15-6-4-14(19)5-7-15/h2-8,12,22H,1,9-11H2,(H,21,23). The van der Waals surface area contributed by atoms with Crippen molar-refractivity contribution < 1.29 is 22.3 Å². The minimum absolute atomic E-state index is 0.0156. The first-order chi connectivity index (χ1) is 12.8. The highest BCUT2D eigenvalue weighted by Crippen LogP contribution is 2.17. The Hall–Kier alpha value is -2.42. The molecule has 0 radical (unpaired) electrons. The molecule has 2 N–H and O–H groups in total. The van der Waals surface area contributed by atoms with Crippen LogP contribution in [-0.2, 0) is 10.0 Å². The molecule has 2 rings (SSSR count). The van der Waals surface area contributed by atoms with Crippen molar-refractivity contribution in [2.45, 2.75) is 4.90 Å². The molecule has 0 fully saturated rings. The molecule has 0 saturated carbocycles. The lowest BCUT2D eigenvalue weighted by atomic mass is 10.2. The van der Waals surface area contributed by atoms with E-state index in [1.807, 2.05) is 0 Å². The Morgan fingerprint density at radius 1 is 1.22 bits per heavy atom. The molecular formula is C18H18ClFN2O4S. The number of benzene rings is 2. The monoisotopic (exact) mass is 412 g/mol. The van der Waals surface area contributed by atoms with E-state index in [0.717, 1.165) is 12.1 Å². The fraction of sp³-hybridized carbons (Fsp3) is 0.167. The van der Waals surface area contributed by atoms with Crippen molar-refractivity contribution in [2.75, 3.05) is 19.7 Å². The predicted octanol–water partition coefficient (Wildman–Crippen LogP) is 2.75. The Morgan fingerprint density at radius 3 is 2.59 bits per heavy atom. The van der Waals surface area contributed by atoms with Gasteiger partial charge in [-0.25, -0.2) is 17.5 Å². The van der Waals surface area contributed by atoms with Crippen molar-refractivity contribution in [2.24, 2.45) is 0 Å². The normalized spacial score (nSPS) is 11.0. The van der Waals surface area contributed by atoms with E-state index in [0.29, 0.717) is 10.8 Å². The maximum Gasteiger partial charge on any atom is 0.251 e. The molecule has 0 atom stereocenters. The molecule has 0 aromatic heterocycles. The van der Waals surface area contributed by atoms with Gasteiger partial charge in [0.25, 0.3) is 5.91 Å². The molecule has 0 saturated heterocycles. The molecule has 1 amide bonds. The summed E-state index contributed by atoms with van der Waals surface area (Å²) in [7, 11) is -4.09. The quantitative estimate of drug-likeness (QED) is 0.490. The second kappa shape index (κ2) is 9.50. The topological polar surface area (TPSA) is 84.5 Å². The first kappa shape index (κ1) is 20.9. The van der Waals surface area contributed by atoms with Crippen LogP contribution in [0.1, 0.15) is 10.4 Å². The molecule has 0 bridgehead atoms. The molecule has 2 aromatic rings. The van der Waals surface area contributed by atoms with Crippen molar-refractivity contribution in [1.29, 1.82) is 0 Å². The molecule has 0 spiro atoms. The lowest BCUT2D eigenvalue weighted by Gasteiger charge is -2.10. The van der Waals surface area contributed by atoms with Crippen molar-refractivity contribution in [3.8, 4) is 5.75 Å². The summed E-state index contributed by atoms with van der Waals surface area (Å²) < 4.78 is 45.6. The van der Waals surface area contributed by atoms with Gasteiger partial charge in [-0.3, -0.25) is 4.79 Å². The Kier molecular flexibility index (Phi) is 7.35. The third-order valence-electron chi connectivity index (χ3n) is 3.37. The van der Waals surface area contributed by atoms with E-state index in [9.17, 15) is 17.6 Å². The highest BCUT2D eigenvalue weighted by Gasteiger charge is 2.20. The average Bonchev–Trinajstić information content (AvgIpc) is 2.65. The SMILES string of the molecule is C=CCNS(=O)(=O)c1cc(C(=O)NCCOc2ccc(Cl)cc2)ccc1F. The second-order valence-corrected chi connectivity index (χ2v) is 7.52. The fourth-order valence-electron chi connectivity index (χ4n) is 2.06. The van der Waals surface area contributed by atoms with E-state index in [1.54, 1.807) is 24.3 Å². The average molecular weight is 413 g/mol. The summed E-state index contributed by atoms with van der Waals surface area (Å²) in [6.45, 7) is 3.71. The van der Waals surface area contributed by atoms with Gasteiger partial charge in [-0.1, -0.05) is 17.7 Å². The van der Waals surface area contributed by atoms with Crippen LogP contribution in [0, 0.1) is 5.82 Å². The van der Waals surface area contributed by atoms with E-state index in [2.05, 4.69) is 16.6 Å². The van der Waals surface area contributed by atoms with Crippen LogP contribution in [0.4, 0.5) is 4.39 Å². The highest BCUT2D eigenvalue weighted by molar-refractivity contribution is 7.89. The molecule has 0 heterocycles. The minimum atomic E-state index is -4.09. The van der Waals surface area contributed by atoms with E-state index >= 15 is 0 Å². The van der Waals surface area contributed by atoms with Crippen LogP contribution < -0.4 is 14.8 Å². The molecule has 0 unspecified atom stereocenters. The zero-order valence-electron chi connectivity index (χ0n) is 14.2. The van der Waals surface area contributed by atoms with Gasteiger partial charge in [0, 0.05) is 17.1 Å². The van der Waals surface area contributed by atoms with E-state index in [4.69, 9.17) is 16.3 Å². The smallest absolute Gasteiger partial charge is 0.251 e. The third kappa shape index (κ3) is 6.06. The number of hydrogen-bond donors (Lipinski definition) is 2. The molecule has 0 aliphatic carbocycles. The largest absolute Gasteiger partial charge is 0.492 e. The number of carbonyl (C=O) groups excluding carboxylic acids is 1. The Labute approximate surface area is 162 Å². The first-order valence-corrected chi connectivity index (χ1v) is 9.76. The summed E-state index contributed by atoms with van der Waals surface area (Å²) in [6.07, 6.45) is 1.33. The molecule has 27 heavy (non-hydrogen) atoms. The van der Waals surface area contributed by atoms with Crippen LogP contribution in [0.5, 0.6) is 5.75 Å². The zero-order chi connectivity index (χ0) is 19.9. The lowest BCUT2D eigenvalue weighted by Crippen LogP contribution is -2.29. The number of halogens is 2. The molecule has 0 aliphatic heterocycles. The van der Waals surface area contributed by atoms with Gasteiger partial charge in [-0.05, 0) is 42.5 Å². The van der Waals surface area contributed by atoms with Gasteiger partial charge in [-0.15, -0.1) is 6.58 Å². The van der Waals surface area contributed by atoms with Crippen molar-refractivity contribution in [1.82, 2.24) is 10.0 Å². The van der Waals surface area contributed by atoms with Crippen LogP contribution in [0.3, 0.4) is 0 Å². The maximum atomic E-state index is 13.9. The summed E-state index contributed by atoms with van der Waals surface area (Å²) in [5, 5.41) is 3.16. The molecule has 9 heteroatoms. The predicted molar refractivity (Wildman–Crippen MR) is 101 cm³/mol. The third-order valence-corrected chi connectivity index (χ3v) is 5.06. The molecule has 2 aromatic carbocycles. The number of sulfonamides is 1. The summed E-state index contributed by atoms with van der Waals surface area (Å²) in [6, 6.07) is 9.86. The summed E-state index contributed by atoms with van der Waals surface area (Å²) in [5.41, 5.74) is 0.0156. The lowest BCUT2D eigenvalue weighted by molar-refractivity contribution is 0.0946. The minimum Gasteiger partial charge on any atom is -0.492 e. The number of rotatable bonds is 9. The Bertz CT molecular complexity index is 917. The maximum absolute atomic E-state index is 13.9. The fourth-order valence-corrected chi connectivity index (χ4v) is 3.29. The van der Waals surface area contributed by atoms with Crippen molar-refractivity contribution in [3.05, 3.63) is 71.5 Å². The highest BCUT2D eigenvalue weighted by atomic mass is 35.5. The second-order valence-electron chi connectivity index (χ2n) is 5.34. The summed E-state index contributed by atoms with van der Waals surface area (Å²) in [5.74, 6) is -0.902. The van der Waals surface area contributed by atoms with Gasteiger partial charge in [0.05, 0.1) is 6.54 Å². The van der Waals surface area contributed by atoms with Gasteiger partial charge in [0.2, 0.25) is 10.0 Å². The van der Waals surface area contributed by atoms with Crippen molar-refractivity contribution in [3.63, 3.8) is 0 Å². The molecule has 0 aliphatic rings. The van der Waals surface area contributed by atoms with E-state index < -0.39 is 26.6 Å². The number of ether oxygens (including phenoxy) is 1. The summed E-state index contributed by atoms with van der Waals surface area (Å²) in [4.78, 5) is 11.6. The van der Waals surface area contributed by atoms with Crippen LogP contribution in [0.25, 0.3) is 0 Å². The van der Waals surface area contributed by atoms with Crippen LogP contribution in [-0.4, -0.2) is 34.0 Å². The number of nitrogens with one attached hydrogen (secondary N) is 2. The Morgan fingerprint density at radius 2 is 1.93 bits per heavy atom. The van der Waals surface area contributed by atoms with Crippen molar-refractivity contribution >= 4 is 27.5 Å². The molecule has 144 valence electrons. The van der Waals surface area contributed by atoms with Gasteiger partial charge in [0.15, 0.2) is 0 Å². The molecule has 6 nitrogen and oxygen atoms in total.